The van der Waals surface area contributed by atoms with Crippen molar-refractivity contribution in [3.63, 3.8) is 0 Å². The summed E-state index contributed by atoms with van der Waals surface area (Å²) < 4.78 is 4.25. The van der Waals surface area contributed by atoms with Gasteiger partial charge in [-0.25, -0.2) is 0 Å². The van der Waals surface area contributed by atoms with Gasteiger partial charge in [-0.1, -0.05) is 63.2 Å². The zero-order valence-electron chi connectivity index (χ0n) is 20.8. The lowest BCUT2D eigenvalue weighted by Crippen LogP contribution is -2.60. The van der Waals surface area contributed by atoms with E-state index in [4.69, 9.17) is 4.74 Å². The number of carbonyl (C=O) groups is 2. The Morgan fingerprint density at radius 3 is 2.24 bits per heavy atom. The number of likely N-dealkylation sites (N-methyl/N-ethyl adjacent to an activating group) is 1. The number of ketones is 1. The zero-order chi connectivity index (χ0) is 25.1. The predicted octanol–water partition coefficient (Wildman–Crippen LogP) is 5.18. The molecule has 2 unspecified atom stereocenters. The number of aliphatic hydroxyl groups excluding tert-OH is 1. The predicted molar refractivity (Wildman–Crippen MR) is 141 cm³/mol. The number of thioether (sulfide) groups is 2. The first-order chi connectivity index (χ1) is 16.1. The molecule has 34 heavy (non-hydrogen) atoms. The van der Waals surface area contributed by atoms with Gasteiger partial charge in [-0.2, -0.15) is 0 Å². The van der Waals surface area contributed by atoms with Crippen molar-refractivity contribution in [2.75, 3.05) is 20.8 Å². The fourth-order valence-electron chi connectivity index (χ4n) is 4.19. The highest BCUT2D eigenvalue weighted by molar-refractivity contribution is 8.18. The van der Waals surface area contributed by atoms with Gasteiger partial charge < -0.3 is 14.7 Å². The molecule has 2 aromatic carbocycles. The van der Waals surface area contributed by atoms with Crippen molar-refractivity contribution in [1.82, 2.24) is 4.90 Å². The normalized spacial score (nSPS) is 26.3. The molecule has 0 radical (unpaired) electrons. The topological polar surface area (TPSA) is 66.8 Å². The lowest BCUT2D eigenvalue weighted by molar-refractivity contribution is -0.145. The largest absolute Gasteiger partial charge is 0.497 e. The fourth-order valence-corrected chi connectivity index (χ4v) is 8.01. The minimum Gasteiger partial charge on any atom is -0.497 e. The number of rotatable bonds is 8. The lowest BCUT2D eigenvalue weighted by Gasteiger charge is -2.41. The summed E-state index contributed by atoms with van der Waals surface area (Å²) in [5.41, 5.74) is 2.03. The maximum Gasteiger partial charge on any atom is 0.240 e. The Morgan fingerprint density at radius 2 is 1.71 bits per heavy atom. The standard InChI is InChI=1S/C27H35NO4S2/c1-18(2)19(3)23(30)27(17-29)28(5)25(31)26(4,16-20-10-8-7-9-11-20)33-24(34-27)21-12-14-22(32-6)15-13-21/h7-15,18-19,24,29H,16-17H2,1-6H3/t19?,24?,26-,27-/m0/s1. The average molecular weight is 502 g/mol. The maximum atomic E-state index is 14.0. The molecule has 1 saturated heterocycles. The van der Waals surface area contributed by atoms with Gasteiger partial charge in [-0.05, 0) is 42.5 Å². The zero-order valence-corrected chi connectivity index (χ0v) is 22.4. The van der Waals surface area contributed by atoms with Crippen LogP contribution in [-0.4, -0.2) is 52.1 Å². The summed E-state index contributed by atoms with van der Waals surface area (Å²) in [4.78, 5) is 28.0. The molecule has 0 aromatic heterocycles. The molecule has 0 aliphatic carbocycles. The molecule has 2 aromatic rings. The van der Waals surface area contributed by atoms with Gasteiger partial charge in [0.1, 0.15) is 5.75 Å². The van der Waals surface area contributed by atoms with Crippen molar-refractivity contribution >= 4 is 35.2 Å². The Balaban J connectivity index is 2.13. The lowest BCUT2D eigenvalue weighted by atomic mass is 9.88. The number of carbonyl (C=O) groups excluding carboxylic acids is 2. The van der Waals surface area contributed by atoms with Crippen LogP contribution in [-0.2, 0) is 16.0 Å². The highest BCUT2D eigenvalue weighted by Gasteiger charge is 2.55. The van der Waals surface area contributed by atoms with E-state index in [0.717, 1.165) is 16.9 Å². The summed E-state index contributed by atoms with van der Waals surface area (Å²) in [6, 6.07) is 17.7. The van der Waals surface area contributed by atoms with Gasteiger partial charge in [-0.3, -0.25) is 9.59 Å². The summed E-state index contributed by atoms with van der Waals surface area (Å²) in [5.74, 6) is 0.253. The average Bonchev–Trinajstić information content (AvgIpc) is 2.92. The molecule has 4 atom stereocenters. The minimum absolute atomic E-state index is 0.0890. The number of ether oxygens (including phenoxy) is 1. The molecule has 1 aliphatic heterocycles. The van der Waals surface area contributed by atoms with Crippen molar-refractivity contribution < 1.29 is 19.4 Å². The van der Waals surface area contributed by atoms with Crippen LogP contribution in [0.15, 0.2) is 54.6 Å². The van der Waals surface area contributed by atoms with Crippen molar-refractivity contribution in [2.24, 2.45) is 11.8 Å². The molecule has 5 nitrogen and oxygen atoms in total. The second-order valence-corrected chi connectivity index (χ2v) is 12.7. The molecule has 1 heterocycles. The molecule has 0 spiro atoms. The van der Waals surface area contributed by atoms with Crippen molar-refractivity contribution in [3.05, 3.63) is 65.7 Å². The van der Waals surface area contributed by atoms with E-state index in [-0.39, 0.29) is 28.1 Å². The molecule has 1 aliphatic rings. The summed E-state index contributed by atoms with van der Waals surface area (Å²) in [6.45, 7) is 7.37. The quantitative estimate of drug-likeness (QED) is 0.537. The van der Waals surface area contributed by atoms with Crippen molar-refractivity contribution in [1.29, 1.82) is 0 Å². The third-order valence-corrected chi connectivity index (χ3v) is 10.1. The van der Waals surface area contributed by atoms with Crippen molar-refractivity contribution in [3.8, 4) is 5.75 Å². The van der Waals surface area contributed by atoms with Gasteiger partial charge in [0.15, 0.2) is 10.7 Å². The van der Waals surface area contributed by atoms with Gasteiger partial charge in [0.05, 0.1) is 23.0 Å². The van der Waals surface area contributed by atoms with Crippen molar-refractivity contribution in [2.45, 2.75) is 48.3 Å². The van der Waals surface area contributed by atoms with Crippen LogP contribution in [0.5, 0.6) is 5.75 Å². The molecule has 7 heteroatoms. The molecular weight excluding hydrogens is 466 g/mol. The highest BCUT2D eigenvalue weighted by Crippen LogP contribution is 2.57. The Bertz CT molecular complexity index is 997. The van der Waals surface area contributed by atoms with Crippen LogP contribution in [0, 0.1) is 11.8 Å². The molecule has 0 bridgehead atoms. The molecule has 1 N–H and O–H groups in total. The van der Waals surface area contributed by atoms with E-state index < -0.39 is 16.2 Å². The third kappa shape index (κ3) is 5.16. The van der Waals surface area contributed by atoms with E-state index in [0.29, 0.717) is 6.42 Å². The number of methoxy groups -OCH3 is 1. The minimum atomic E-state index is -1.37. The van der Waals surface area contributed by atoms with Crippen LogP contribution in [0.4, 0.5) is 0 Å². The number of aliphatic hydroxyl groups is 1. The smallest absolute Gasteiger partial charge is 0.240 e. The number of benzene rings is 2. The first kappa shape index (κ1) is 26.6. The number of hydrogen-bond acceptors (Lipinski definition) is 6. The monoisotopic (exact) mass is 501 g/mol. The third-order valence-electron chi connectivity index (χ3n) is 6.75. The van der Waals surface area contributed by atoms with Gasteiger partial charge >= 0.3 is 0 Å². The number of nitrogens with zero attached hydrogens (tertiary/aromatic N) is 1. The van der Waals surface area contributed by atoms with E-state index in [9.17, 15) is 14.7 Å². The van der Waals surface area contributed by atoms with E-state index in [1.165, 1.54) is 16.7 Å². The van der Waals surface area contributed by atoms with Crippen LogP contribution in [0.25, 0.3) is 0 Å². The highest BCUT2D eigenvalue weighted by atomic mass is 32.2. The van der Waals surface area contributed by atoms with Crippen LogP contribution in [0.3, 0.4) is 0 Å². The Kier molecular flexibility index (Phi) is 8.43. The van der Waals surface area contributed by atoms with Crippen LogP contribution < -0.4 is 4.74 Å². The van der Waals surface area contributed by atoms with Crippen LogP contribution in [0.2, 0.25) is 0 Å². The van der Waals surface area contributed by atoms with E-state index in [1.54, 1.807) is 25.9 Å². The van der Waals surface area contributed by atoms with Crippen LogP contribution in [0.1, 0.15) is 43.4 Å². The number of hydrogen-bond donors (Lipinski definition) is 1. The second kappa shape index (κ2) is 10.8. The summed E-state index contributed by atoms with van der Waals surface area (Å²) in [6.07, 6.45) is 0.518. The second-order valence-electron chi connectivity index (χ2n) is 9.44. The first-order valence-corrected chi connectivity index (χ1v) is 13.3. The summed E-state index contributed by atoms with van der Waals surface area (Å²) in [7, 11) is 3.29. The van der Waals surface area contributed by atoms with E-state index in [1.807, 2.05) is 82.3 Å². The molecule has 1 amide bonds. The van der Waals surface area contributed by atoms with E-state index in [2.05, 4.69) is 0 Å². The maximum absolute atomic E-state index is 14.0. The van der Waals surface area contributed by atoms with Gasteiger partial charge in [-0.15, -0.1) is 23.5 Å². The number of amides is 1. The molecule has 1 fully saturated rings. The number of Topliss-reactive ketones (excluding diaryl/α,β-unsaturated/α-hetero) is 1. The molecule has 184 valence electrons. The Morgan fingerprint density at radius 1 is 1.09 bits per heavy atom. The summed E-state index contributed by atoms with van der Waals surface area (Å²) >= 11 is 2.92. The molecule has 3 rings (SSSR count). The first-order valence-electron chi connectivity index (χ1n) is 11.5. The summed E-state index contributed by atoms with van der Waals surface area (Å²) in [5, 5.41) is 10.7. The molecule has 0 saturated carbocycles. The van der Waals surface area contributed by atoms with Gasteiger partial charge in [0, 0.05) is 13.0 Å². The van der Waals surface area contributed by atoms with E-state index >= 15 is 0 Å². The van der Waals surface area contributed by atoms with Gasteiger partial charge in [0.2, 0.25) is 5.91 Å². The molecular formula is C27H35NO4S2. The van der Waals surface area contributed by atoms with Crippen LogP contribution >= 0.6 is 23.5 Å². The fraction of sp³-hybridized carbons (Fsp3) is 0.481. The SMILES string of the molecule is COc1ccc(C2S[C@@](CO)(C(=O)C(C)C(C)C)N(C)C(=O)[C@](C)(Cc3ccccc3)S2)cc1. The Hall–Kier alpha value is -1.96. The Labute approximate surface area is 211 Å². The van der Waals surface area contributed by atoms with Gasteiger partial charge in [0.25, 0.3) is 0 Å².